The number of carbonyl (C=O) groups excluding carboxylic acids is 1. The van der Waals surface area contributed by atoms with Crippen LogP contribution in [0.15, 0.2) is 40.9 Å². The number of rotatable bonds is 6. The van der Waals surface area contributed by atoms with Gasteiger partial charge in [-0.05, 0) is 49.2 Å². The second-order valence-electron chi connectivity index (χ2n) is 8.14. The third kappa shape index (κ3) is 5.99. The fourth-order valence-corrected chi connectivity index (χ4v) is 4.45. The molecule has 1 aliphatic heterocycles. The van der Waals surface area contributed by atoms with Crippen molar-refractivity contribution in [3.63, 3.8) is 0 Å². The molecule has 1 aliphatic rings. The Morgan fingerprint density at radius 2 is 1.90 bits per heavy atom. The number of hydrogen-bond donors (Lipinski definition) is 2. The van der Waals surface area contributed by atoms with Crippen molar-refractivity contribution in [2.24, 2.45) is 0 Å². The van der Waals surface area contributed by atoms with Crippen molar-refractivity contribution < 1.29 is 24.2 Å². The number of carboxylic acids is 1. The van der Waals surface area contributed by atoms with Crippen molar-refractivity contribution in [3.05, 3.63) is 62.6 Å². The summed E-state index contributed by atoms with van der Waals surface area (Å²) in [4.78, 5) is 23.0. The van der Waals surface area contributed by atoms with Gasteiger partial charge in [-0.15, -0.1) is 0 Å². The zero-order valence-electron chi connectivity index (χ0n) is 17.6. The van der Waals surface area contributed by atoms with Crippen LogP contribution in [0.4, 0.5) is 0 Å². The summed E-state index contributed by atoms with van der Waals surface area (Å²) in [7, 11) is 0. The van der Waals surface area contributed by atoms with Crippen LogP contribution in [0.1, 0.15) is 55.6 Å². The SMILES string of the molecule is CC(=O)N[C@]1(C)C[C@@H](c2ccc(Cl)cc2)O[C@@H](c2cc(Br)c(C)cc2OCC(=O)O)C1. The molecule has 1 saturated heterocycles. The molecule has 0 saturated carbocycles. The predicted octanol–water partition coefficient (Wildman–Crippen LogP) is 5.36. The Morgan fingerprint density at radius 3 is 2.52 bits per heavy atom. The Morgan fingerprint density at radius 1 is 1.26 bits per heavy atom. The number of hydrogen-bond acceptors (Lipinski definition) is 4. The highest BCUT2D eigenvalue weighted by Gasteiger charge is 2.41. The van der Waals surface area contributed by atoms with Crippen molar-refractivity contribution in [1.29, 1.82) is 0 Å². The number of aliphatic carboxylic acids is 1. The molecule has 1 amide bonds. The van der Waals surface area contributed by atoms with Crippen LogP contribution in [0.5, 0.6) is 5.75 Å². The largest absolute Gasteiger partial charge is 0.482 e. The molecule has 1 heterocycles. The zero-order chi connectivity index (χ0) is 22.8. The van der Waals surface area contributed by atoms with E-state index < -0.39 is 24.2 Å². The summed E-state index contributed by atoms with van der Waals surface area (Å²) in [6.07, 6.45) is 0.380. The summed E-state index contributed by atoms with van der Waals surface area (Å²) in [6.45, 7) is 4.94. The van der Waals surface area contributed by atoms with Gasteiger partial charge >= 0.3 is 5.97 Å². The Bertz CT molecular complexity index is 981. The molecular weight excluding hydrogens is 486 g/mol. The molecule has 0 aliphatic carbocycles. The molecule has 2 N–H and O–H groups in total. The lowest BCUT2D eigenvalue weighted by Gasteiger charge is -2.43. The van der Waals surface area contributed by atoms with E-state index >= 15 is 0 Å². The normalized spacial score (nSPS) is 23.3. The van der Waals surface area contributed by atoms with Crippen molar-refractivity contribution in [1.82, 2.24) is 5.32 Å². The van der Waals surface area contributed by atoms with Gasteiger partial charge in [0.25, 0.3) is 0 Å². The minimum atomic E-state index is -1.06. The highest BCUT2D eigenvalue weighted by molar-refractivity contribution is 9.10. The van der Waals surface area contributed by atoms with Crippen LogP contribution < -0.4 is 10.1 Å². The van der Waals surface area contributed by atoms with Crippen molar-refractivity contribution in [3.8, 4) is 5.75 Å². The first-order valence-electron chi connectivity index (χ1n) is 9.90. The molecule has 2 aromatic rings. The van der Waals surface area contributed by atoms with E-state index in [2.05, 4.69) is 21.2 Å². The first-order chi connectivity index (χ1) is 14.6. The van der Waals surface area contributed by atoms with Gasteiger partial charge in [0.15, 0.2) is 6.61 Å². The molecule has 166 valence electrons. The number of amides is 1. The third-order valence-electron chi connectivity index (χ3n) is 5.31. The van der Waals surface area contributed by atoms with Crippen LogP contribution in [0.25, 0.3) is 0 Å². The standard InChI is InChI=1S/C23H25BrClNO5/c1-13-8-19(30-12-22(28)29)17(9-18(13)24)21-11-23(3,26-14(2)27)10-20(31-21)15-4-6-16(25)7-5-15/h4-9,20-21H,10-12H2,1-3H3,(H,26,27)(H,28,29)/t20-,21+,23+/m0/s1. The molecule has 8 heteroatoms. The monoisotopic (exact) mass is 509 g/mol. The average molecular weight is 511 g/mol. The average Bonchev–Trinajstić information content (AvgIpc) is 2.67. The number of benzene rings is 2. The van der Waals surface area contributed by atoms with Crippen molar-refractivity contribution >= 4 is 39.4 Å². The van der Waals surface area contributed by atoms with Crippen LogP contribution >= 0.6 is 27.5 Å². The number of nitrogens with one attached hydrogen (secondary N) is 1. The molecule has 1 fully saturated rings. The van der Waals surface area contributed by atoms with Crippen LogP contribution in [-0.2, 0) is 14.3 Å². The van der Waals surface area contributed by atoms with E-state index in [0.717, 1.165) is 21.2 Å². The van der Waals surface area contributed by atoms with Crippen molar-refractivity contribution in [2.45, 2.75) is 51.4 Å². The van der Waals surface area contributed by atoms with Gasteiger partial charge in [-0.3, -0.25) is 4.79 Å². The van der Waals surface area contributed by atoms with Gasteiger partial charge in [0.1, 0.15) is 5.75 Å². The van der Waals surface area contributed by atoms with E-state index in [9.17, 15) is 9.59 Å². The smallest absolute Gasteiger partial charge is 0.341 e. The predicted molar refractivity (Wildman–Crippen MR) is 121 cm³/mol. The Balaban J connectivity index is 2.01. The van der Waals surface area contributed by atoms with Crippen LogP contribution in [-0.4, -0.2) is 29.1 Å². The lowest BCUT2D eigenvalue weighted by Crippen LogP contribution is -2.50. The molecule has 0 bridgehead atoms. The van der Waals surface area contributed by atoms with Crippen LogP contribution in [0.2, 0.25) is 5.02 Å². The highest BCUT2D eigenvalue weighted by Crippen LogP contribution is 2.46. The fourth-order valence-electron chi connectivity index (χ4n) is 3.97. The molecule has 2 aromatic carbocycles. The molecule has 0 radical (unpaired) electrons. The summed E-state index contributed by atoms with van der Waals surface area (Å²) < 4.78 is 12.9. The van der Waals surface area contributed by atoms with Gasteiger partial charge in [-0.1, -0.05) is 39.7 Å². The molecule has 3 atom stereocenters. The summed E-state index contributed by atoms with van der Waals surface area (Å²) in [6, 6.07) is 11.1. The summed E-state index contributed by atoms with van der Waals surface area (Å²) in [5.41, 5.74) is 2.07. The molecule has 0 aromatic heterocycles. The number of halogens is 2. The van der Waals surface area contributed by atoms with E-state index in [-0.39, 0.29) is 12.0 Å². The Labute approximate surface area is 195 Å². The third-order valence-corrected chi connectivity index (χ3v) is 6.42. The first-order valence-corrected chi connectivity index (χ1v) is 11.1. The van der Waals surface area contributed by atoms with E-state index in [1.54, 1.807) is 6.07 Å². The molecule has 0 unspecified atom stereocenters. The number of aryl methyl sites for hydroxylation is 1. The molecule has 3 rings (SSSR count). The second-order valence-corrected chi connectivity index (χ2v) is 9.43. The minimum Gasteiger partial charge on any atom is -0.482 e. The van der Waals surface area contributed by atoms with Gasteiger partial charge in [0.05, 0.1) is 12.2 Å². The van der Waals surface area contributed by atoms with Crippen LogP contribution in [0.3, 0.4) is 0 Å². The summed E-state index contributed by atoms with van der Waals surface area (Å²) in [5.74, 6) is -0.723. The van der Waals surface area contributed by atoms with Crippen LogP contribution in [0, 0.1) is 6.92 Å². The maximum Gasteiger partial charge on any atom is 0.341 e. The Kier molecular flexibility index (Phi) is 7.29. The molecule has 0 spiro atoms. The lowest BCUT2D eigenvalue weighted by molar-refractivity contribution is -0.139. The Hall–Kier alpha value is -2.09. The van der Waals surface area contributed by atoms with Gasteiger partial charge in [-0.2, -0.15) is 0 Å². The maximum atomic E-state index is 11.9. The second kappa shape index (κ2) is 9.59. The zero-order valence-corrected chi connectivity index (χ0v) is 19.9. The van der Waals surface area contributed by atoms with Crippen molar-refractivity contribution in [2.75, 3.05) is 6.61 Å². The van der Waals surface area contributed by atoms with E-state index in [4.69, 9.17) is 26.2 Å². The molecule has 6 nitrogen and oxygen atoms in total. The topological polar surface area (TPSA) is 84.9 Å². The molecule has 31 heavy (non-hydrogen) atoms. The molecular formula is C23H25BrClNO5. The minimum absolute atomic E-state index is 0.120. The van der Waals surface area contributed by atoms with E-state index in [0.29, 0.717) is 23.6 Å². The van der Waals surface area contributed by atoms with Gasteiger partial charge in [0.2, 0.25) is 5.91 Å². The highest BCUT2D eigenvalue weighted by atomic mass is 79.9. The van der Waals surface area contributed by atoms with Gasteiger partial charge in [0, 0.05) is 40.4 Å². The van der Waals surface area contributed by atoms with Gasteiger partial charge in [-0.25, -0.2) is 4.79 Å². The fraction of sp³-hybridized carbons (Fsp3) is 0.391. The number of ether oxygens (including phenoxy) is 2. The lowest BCUT2D eigenvalue weighted by atomic mass is 9.81. The summed E-state index contributed by atoms with van der Waals surface area (Å²) >= 11 is 9.60. The quantitative estimate of drug-likeness (QED) is 0.546. The first kappa shape index (κ1) is 23.6. The summed E-state index contributed by atoms with van der Waals surface area (Å²) in [5, 5.41) is 12.8. The maximum absolute atomic E-state index is 11.9. The van der Waals surface area contributed by atoms with E-state index in [1.165, 1.54) is 6.92 Å². The number of carboxylic acid groups (broad SMARTS) is 1. The number of carbonyl (C=O) groups is 2. The van der Waals surface area contributed by atoms with Gasteiger partial charge < -0.3 is 19.9 Å². The van der Waals surface area contributed by atoms with E-state index in [1.807, 2.05) is 44.2 Å².